The van der Waals surface area contributed by atoms with Crippen LogP contribution in [0.15, 0.2) is 24.3 Å². The van der Waals surface area contributed by atoms with Crippen LogP contribution in [-0.2, 0) is 18.7 Å². The first-order valence-corrected chi connectivity index (χ1v) is 12.8. The minimum absolute atomic E-state index is 0.00198. The minimum Gasteiger partial charge on any atom is -0.395 e. The van der Waals surface area contributed by atoms with Gasteiger partial charge in [-0.3, -0.25) is 4.79 Å². The van der Waals surface area contributed by atoms with Crippen molar-refractivity contribution in [3.05, 3.63) is 24.3 Å². The summed E-state index contributed by atoms with van der Waals surface area (Å²) in [6, 6.07) is 0. The Morgan fingerprint density at radius 3 is 2.32 bits per heavy atom. The van der Waals surface area contributed by atoms with Crippen molar-refractivity contribution in [2.75, 3.05) is 13.2 Å². The molecule has 28 heavy (non-hydrogen) atoms. The van der Waals surface area contributed by atoms with Crippen LogP contribution in [0.2, 0.25) is 18.1 Å². The third-order valence-corrected chi connectivity index (χ3v) is 9.40. The van der Waals surface area contributed by atoms with Gasteiger partial charge in [0, 0.05) is 13.2 Å². The smallest absolute Gasteiger partial charge is 0.222 e. The highest BCUT2D eigenvalue weighted by atomic mass is 28.4. The summed E-state index contributed by atoms with van der Waals surface area (Å²) in [6.45, 7) is 15.6. The first-order chi connectivity index (χ1) is 13.1. The van der Waals surface area contributed by atoms with Crippen LogP contribution < -0.4 is 0 Å². The van der Waals surface area contributed by atoms with Crippen LogP contribution in [0.3, 0.4) is 0 Å². The van der Waals surface area contributed by atoms with E-state index in [-0.39, 0.29) is 10.8 Å². The Morgan fingerprint density at radius 2 is 1.79 bits per heavy atom. The second-order valence-electron chi connectivity index (χ2n) is 8.13. The standard InChI is InChI=1S/C23H34O4Si/c1-8-25-21(26-9-2)17-12-10-11-14-18-23(19-15-13-16-20(23)24)27-28(6,7)22(3,4)5/h10-11,13,16,21H,8-9,15,19H2,1-7H3/b11-10-. The van der Waals surface area contributed by atoms with Crippen LogP contribution in [0.1, 0.15) is 47.5 Å². The maximum atomic E-state index is 12.7. The van der Waals surface area contributed by atoms with Gasteiger partial charge in [0.2, 0.25) is 6.29 Å². The molecule has 0 spiro atoms. The van der Waals surface area contributed by atoms with Crippen molar-refractivity contribution in [3.63, 3.8) is 0 Å². The molecule has 154 valence electrons. The third-order valence-electron chi connectivity index (χ3n) is 4.93. The van der Waals surface area contributed by atoms with Gasteiger partial charge in [-0.25, -0.2) is 0 Å². The van der Waals surface area contributed by atoms with Gasteiger partial charge >= 0.3 is 0 Å². The van der Waals surface area contributed by atoms with Crippen LogP contribution in [0.5, 0.6) is 0 Å². The molecule has 0 bridgehead atoms. The van der Waals surface area contributed by atoms with E-state index in [0.29, 0.717) is 19.6 Å². The average Bonchev–Trinajstić information content (AvgIpc) is 2.59. The number of hydrogen-bond donors (Lipinski definition) is 0. The maximum Gasteiger partial charge on any atom is 0.222 e. The zero-order valence-electron chi connectivity index (χ0n) is 18.3. The second kappa shape index (κ2) is 10.8. The van der Waals surface area contributed by atoms with E-state index in [2.05, 4.69) is 57.5 Å². The van der Waals surface area contributed by atoms with Gasteiger partial charge in [0.25, 0.3) is 0 Å². The normalized spacial score (nSPS) is 20.1. The summed E-state index contributed by atoms with van der Waals surface area (Å²) >= 11 is 0. The molecule has 1 atom stereocenters. The number of allylic oxidation sites excluding steroid dienone is 3. The second-order valence-corrected chi connectivity index (χ2v) is 12.9. The molecule has 1 unspecified atom stereocenters. The van der Waals surface area contributed by atoms with E-state index in [4.69, 9.17) is 13.9 Å². The van der Waals surface area contributed by atoms with Crippen molar-refractivity contribution < 1.29 is 18.7 Å². The van der Waals surface area contributed by atoms with Crippen molar-refractivity contribution in [1.82, 2.24) is 0 Å². The Hall–Kier alpha value is -1.63. The summed E-state index contributed by atoms with van der Waals surface area (Å²) in [6.07, 6.45) is 7.60. The molecule has 0 amide bonds. The van der Waals surface area contributed by atoms with Gasteiger partial charge in [0.1, 0.15) is 0 Å². The van der Waals surface area contributed by atoms with Crippen LogP contribution in [0.4, 0.5) is 0 Å². The fourth-order valence-electron chi connectivity index (χ4n) is 2.37. The topological polar surface area (TPSA) is 44.8 Å². The summed E-state index contributed by atoms with van der Waals surface area (Å²) in [7, 11) is -2.16. The van der Waals surface area contributed by atoms with E-state index in [1.54, 1.807) is 18.2 Å². The summed E-state index contributed by atoms with van der Waals surface area (Å²) < 4.78 is 17.2. The molecule has 0 N–H and O–H groups in total. The molecule has 0 saturated carbocycles. The SMILES string of the molecule is CCOC(C#C/C=C\C#CC1(O[Si](C)(C)C(C)(C)C)CCC=CC1=O)OCC. The lowest BCUT2D eigenvalue weighted by atomic mass is 9.89. The first kappa shape index (κ1) is 24.4. The maximum absolute atomic E-state index is 12.7. The number of rotatable bonds is 6. The molecule has 0 saturated heterocycles. The predicted octanol–water partition coefficient (Wildman–Crippen LogP) is 4.63. The molecule has 0 aromatic heterocycles. The third kappa shape index (κ3) is 7.07. The molecular weight excluding hydrogens is 368 g/mol. The fraction of sp³-hybridized carbons (Fsp3) is 0.609. The molecule has 1 rings (SSSR count). The van der Waals surface area contributed by atoms with Gasteiger partial charge in [-0.05, 0) is 69.0 Å². The van der Waals surface area contributed by atoms with Gasteiger partial charge in [-0.2, -0.15) is 0 Å². The number of hydrogen-bond acceptors (Lipinski definition) is 4. The molecule has 0 aromatic rings. The van der Waals surface area contributed by atoms with Crippen LogP contribution in [0, 0.1) is 23.7 Å². The average molecular weight is 403 g/mol. The van der Waals surface area contributed by atoms with Gasteiger partial charge < -0.3 is 13.9 Å². The number of ketones is 1. The Balaban J connectivity index is 3.00. The van der Waals surface area contributed by atoms with Crippen molar-refractivity contribution in [2.45, 2.75) is 77.5 Å². The molecule has 1 aliphatic carbocycles. The molecule has 0 heterocycles. The summed E-state index contributed by atoms with van der Waals surface area (Å²) in [5, 5.41) is -0.00198. The van der Waals surface area contributed by atoms with E-state index >= 15 is 0 Å². The van der Waals surface area contributed by atoms with Gasteiger partial charge in [-0.15, -0.1) is 0 Å². The highest BCUT2D eigenvalue weighted by molar-refractivity contribution is 6.74. The highest BCUT2D eigenvalue weighted by Crippen LogP contribution is 2.41. The lowest BCUT2D eigenvalue weighted by Crippen LogP contribution is -2.53. The zero-order valence-corrected chi connectivity index (χ0v) is 19.3. The quantitative estimate of drug-likeness (QED) is 0.369. The summed E-state index contributed by atoms with van der Waals surface area (Å²) in [4.78, 5) is 12.7. The van der Waals surface area contributed by atoms with Crippen molar-refractivity contribution in [1.29, 1.82) is 0 Å². The largest absolute Gasteiger partial charge is 0.395 e. The van der Waals surface area contributed by atoms with Gasteiger partial charge in [0.15, 0.2) is 19.7 Å². The number of ether oxygens (including phenoxy) is 2. The summed E-state index contributed by atoms with van der Waals surface area (Å²) in [5.41, 5.74) is -1.06. The van der Waals surface area contributed by atoms with E-state index in [0.717, 1.165) is 6.42 Å². The lowest BCUT2D eigenvalue weighted by molar-refractivity contribution is -0.126. The Kier molecular flexibility index (Phi) is 9.40. The lowest BCUT2D eigenvalue weighted by Gasteiger charge is -2.43. The number of carbonyl (C=O) groups is 1. The Bertz CT molecular complexity index is 701. The van der Waals surface area contributed by atoms with E-state index in [1.807, 2.05) is 19.9 Å². The summed E-state index contributed by atoms with van der Waals surface area (Å²) in [5.74, 6) is 11.8. The van der Waals surface area contributed by atoms with E-state index in [9.17, 15) is 4.79 Å². The molecule has 0 aliphatic heterocycles. The fourth-order valence-corrected chi connectivity index (χ4v) is 3.80. The van der Waals surface area contributed by atoms with Crippen LogP contribution in [0.25, 0.3) is 0 Å². The zero-order chi connectivity index (χ0) is 21.3. The Morgan fingerprint density at radius 1 is 1.18 bits per heavy atom. The Labute approximate surface area is 171 Å². The monoisotopic (exact) mass is 402 g/mol. The molecule has 0 aromatic carbocycles. The van der Waals surface area contributed by atoms with Crippen molar-refractivity contribution >= 4 is 14.1 Å². The minimum atomic E-state index is -2.16. The molecule has 0 fully saturated rings. The number of carbonyl (C=O) groups excluding carboxylic acids is 1. The molecule has 1 aliphatic rings. The molecule has 0 radical (unpaired) electrons. The first-order valence-electron chi connectivity index (χ1n) is 9.91. The molecular formula is C23H34O4Si. The van der Waals surface area contributed by atoms with Crippen LogP contribution in [-0.4, -0.2) is 39.2 Å². The van der Waals surface area contributed by atoms with E-state index in [1.165, 1.54) is 0 Å². The van der Waals surface area contributed by atoms with E-state index < -0.39 is 20.2 Å². The predicted molar refractivity (Wildman–Crippen MR) is 116 cm³/mol. The van der Waals surface area contributed by atoms with Gasteiger partial charge in [-0.1, -0.05) is 44.6 Å². The molecule has 5 heteroatoms. The van der Waals surface area contributed by atoms with Crippen molar-refractivity contribution in [3.8, 4) is 23.7 Å². The van der Waals surface area contributed by atoms with Crippen LogP contribution >= 0.6 is 0 Å². The van der Waals surface area contributed by atoms with Gasteiger partial charge in [0.05, 0.1) is 0 Å². The highest BCUT2D eigenvalue weighted by Gasteiger charge is 2.47. The van der Waals surface area contributed by atoms with Crippen molar-refractivity contribution in [2.24, 2.45) is 0 Å². The molecule has 4 nitrogen and oxygen atoms in total.